The van der Waals surface area contributed by atoms with Gasteiger partial charge in [-0.05, 0) is 24.3 Å². The number of likely N-dealkylation sites (N-methyl/N-ethyl adjacent to an activating group) is 1. The van der Waals surface area contributed by atoms with E-state index in [9.17, 15) is 9.59 Å². The second-order valence-corrected chi connectivity index (χ2v) is 7.52. The van der Waals surface area contributed by atoms with Gasteiger partial charge < -0.3 is 10.1 Å². The van der Waals surface area contributed by atoms with E-state index >= 15 is 0 Å². The van der Waals surface area contributed by atoms with Crippen molar-refractivity contribution in [3.63, 3.8) is 0 Å². The lowest BCUT2D eigenvalue weighted by molar-refractivity contribution is 0.104. The molecule has 0 saturated carbocycles. The molecule has 6 heteroatoms. The normalized spacial score (nSPS) is 11.0. The average molecular weight is 404 g/mol. The van der Waals surface area contributed by atoms with Crippen LogP contribution in [-0.4, -0.2) is 35.8 Å². The van der Waals surface area contributed by atoms with Gasteiger partial charge in [-0.15, -0.1) is 11.3 Å². The Bertz CT molecular complexity index is 1170. The Balaban J connectivity index is 0.000000166. The minimum Gasteiger partial charge on any atom is -0.409 e. The third kappa shape index (κ3) is 4.50. The molecule has 0 saturated heterocycles. The quantitative estimate of drug-likeness (QED) is 0.132. The molecule has 146 valence electrons. The second kappa shape index (κ2) is 9.12. The molecule has 3 aromatic carbocycles. The molecule has 0 radical (unpaired) electrons. The highest BCUT2D eigenvalue weighted by Crippen LogP contribution is 2.23. The maximum atomic E-state index is 12.1. The molecule has 0 aliphatic carbocycles. The van der Waals surface area contributed by atoms with E-state index in [0.717, 1.165) is 20.2 Å². The second-order valence-electron chi connectivity index (χ2n) is 6.44. The molecule has 4 rings (SSSR count). The number of rotatable bonds is 2. The molecule has 0 atom stereocenters. The number of benzene rings is 3. The van der Waals surface area contributed by atoms with Crippen molar-refractivity contribution >= 4 is 43.1 Å². The number of carbonyl (C=O) groups is 1. The highest BCUT2D eigenvalue weighted by molar-refractivity contribution is 7.24. The van der Waals surface area contributed by atoms with E-state index in [2.05, 4.69) is 5.16 Å². The predicted octanol–water partition coefficient (Wildman–Crippen LogP) is 4.63. The van der Waals surface area contributed by atoms with Crippen LogP contribution in [0.4, 0.5) is 0 Å². The van der Waals surface area contributed by atoms with E-state index in [1.165, 1.54) is 4.90 Å². The number of oxime groups is 1. The number of fused-ring (bicyclic) bond motifs is 2. The Morgan fingerprint density at radius 2 is 1.31 bits per heavy atom. The molecule has 0 unspecified atom stereocenters. The van der Waals surface area contributed by atoms with Gasteiger partial charge in [-0.2, -0.15) is 0 Å². The van der Waals surface area contributed by atoms with Crippen LogP contribution in [0.15, 0.2) is 88.8 Å². The fraction of sp³-hybridized carbons (Fsp3) is 0.0870. The van der Waals surface area contributed by atoms with Crippen LogP contribution in [0.2, 0.25) is 0 Å². The Morgan fingerprint density at radius 1 is 0.828 bits per heavy atom. The SMILES string of the molecule is CN(C)C(=NO)C(=O)c1ccccc1.O=c1c2ccccc2sc2ccccc12. The maximum Gasteiger partial charge on any atom is 0.231 e. The minimum atomic E-state index is -0.293. The van der Waals surface area contributed by atoms with E-state index in [4.69, 9.17) is 5.21 Å². The molecule has 0 fully saturated rings. The molecule has 1 aromatic heterocycles. The molecule has 0 bridgehead atoms. The molecule has 0 aliphatic rings. The highest BCUT2D eigenvalue weighted by Gasteiger charge is 2.15. The number of amidine groups is 1. The van der Waals surface area contributed by atoms with Crippen molar-refractivity contribution < 1.29 is 10.0 Å². The van der Waals surface area contributed by atoms with Gasteiger partial charge in [-0.25, -0.2) is 0 Å². The van der Waals surface area contributed by atoms with Crippen molar-refractivity contribution in [3.05, 3.63) is 94.6 Å². The molecule has 0 spiro atoms. The smallest absolute Gasteiger partial charge is 0.231 e. The zero-order valence-electron chi connectivity index (χ0n) is 16.1. The molecule has 4 aromatic rings. The van der Waals surface area contributed by atoms with Crippen LogP contribution in [0.25, 0.3) is 20.2 Å². The Kier molecular flexibility index (Phi) is 6.36. The fourth-order valence-corrected chi connectivity index (χ4v) is 3.88. The summed E-state index contributed by atoms with van der Waals surface area (Å²) in [7, 11) is 3.30. The largest absolute Gasteiger partial charge is 0.409 e. The lowest BCUT2D eigenvalue weighted by atomic mass is 10.1. The number of hydrogen-bond donors (Lipinski definition) is 1. The van der Waals surface area contributed by atoms with Gasteiger partial charge in [-0.3, -0.25) is 9.59 Å². The van der Waals surface area contributed by atoms with Crippen LogP contribution < -0.4 is 5.43 Å². The number of carbonyl (C=O) groups excluding carboxylic acids is 1. The monoisotopic (exact) mass is 404 g/mol. The number of ketones is 1. The third-order valence-corrected chi connectivity index (χ3v) is 5.39. The maximum absolute atomic E-state index is 12.1. The van der Waals surface area contributed by atoms with Crippen molar-refractivity contribution in [1.82, 2.24) is 4.90 Å². The summed E-state index contributed by atoms with van der Waals surface area (Å²) in [5.41, 5.74) is 0.647. The van der Waals surface area contributed by atoms with Gasteiger partial charge in [-0.1, -0.05) is 59.8 Å². The van der Waals surface area contributed by atoms with E-state index < -0.39 is 0 Å². The first kappa shape index (κ1) is 20.2. The average Bonchev–Trinajstić information content (AvgIpc) is 2.75. The minimum absolute atomic E-state index is 0.0243. The van der Waals surface area contributed by atoms with Gasteiger partial charge in [0.1, 0.15) is 0 Å². The summed E-state index contributed by atoms with van der Waals surface area (Å²) in [5, 5.41) is 13.3. The van der Waals surface area contributed by atoms with Gasteiger partial charge in [0.05, 0.1) is 0 Å². The summed E-state index contributed by atoms with van der Waals surface area (Å²) >= 11 is 1.67. The van der Waals surface area contributed by atoms with E-state index in [1.54, 1.807) is 49.7 Å². The van der Waals surface area contributed by atoms with E-state index in [-0.39, 0.29) is 17.0 Å². The molecule has 1 heterocycles. The molecule has 1 N–H and O–H groups in total. The lowest BCUT2D eigenvalue weighted by Gasteiger charge is -2.11. The summed E-state index contributed by atoms with van der Waals surface area (Å²) in [6.45, 7) is 0. The topological polar surface area (TPSA) is 70.0 Å². The Hall–Kier alpha value is -3.51. The van der Waals surface area contributed by atoms with E-state index in [1.807, 2.05) is 54.6 Å². The van der Waals surface area contributed by atoms with Crippen LogP contribution in [0, 0.1) is 0 Å². The molecule has 0 amide bonds. The van der Waals surface area contributed by atoms with Gasteiger partial charge in [0.15, 0.2) is 5.43 Å². The van der Waals surface area contributed by atoms with Gasteiger partial charge in [0.25, 0.3) is 0 Å². The number of nitrogens with zero attached hydrogens (tertiary/aromatic N) is 2. The zero-order valence-corrected chi connectivity index (χ0v) is 16.9. The zero-order chi connectivity index (χ0) is 20.8. The molecule has 0 aliphatic heterocycles. The van der Waals surface area contributed by atoms with Crippen molar-refractivity contribution in [3.8, 4) is 0 Å². The molecular formula is C23H20N2O3S. The van der Waals surface area contributed by atoms with Crippen molar-refractivity contribution in [2.24, 2.45) is 5.16 Å². The highest BCUT2D eigenvalue weighted by atomic mass is 32.1. The van der Waals surface area contributed by atoms with Gasteiger partial charge in [0.2, 0.25) is 11.6 Å². The van der Waals surface area contributed by atoms with E-state index in [0.29, 0.717) is 5.56 Å². The Labute approximate surface area is 172 Å². The van der Waals surface area contributed by atoms with Crippen LogP contribution in [0.3, 0.4) is 0 Å². The third-order valence-electron chi connectivity index (χ3n) is 4.24. The molecular weight excluding hydrogens is 384 g/mol. The summed E-state index contributed by atoms with van der Waals surface area (Å²) < 4.78 is 2.11. The van der Waals surface area contributed by atoms with Crippen LogP contribution >= 0.6 is 11.3 Å². The van der Waals surface area contributed by atoms with Crippen LogP contribution in [0.1, 0.15) is 10.4 Å². The Morgan fingerprint density at radius 3 is 1.79 bits per heavy atom. The van der Waals surface area contributed by atoms with Crippen molar-refractivity contribution in [2.75, 3.05) is 14.1 Å². The van der Waals surface area contributed by atoms with Crippen LogP contribution in [-0.2, 0) is 0 Å². The molecule has 5 nitrogen and oxygen atoms in total. The molecule has 29 heavy (non-hydrogen) atoms. The fourth-order valence-electron chi connectivity index (χ4n) is 2.81. The number of Topliss-reactive ketones (excluding diaryl/α,β-unsaturated/α-hetero) is 1. The van der Waals surface area contributed by atoms with Gasteiger partial charge in [0, 0.05) is 39.8 Å². The lowest BCUT2D eigenvalue weighted by Crippen LogP contribution is -2.30. The first-order valence-corrected chi connectivity index (χ1v) is 9.74. The summed E-state index contributed by atoms with van der Waals surface area (Å²) in [5.74, 6) is -0.269. The first-order chi connectivity index (χ1) is 14.0. The summed E-state index contributed by atoms with van der Waals surface area (Å²) in [6, 6.07) is 24.2. The predicted molar refractivity (Wildman–Crippen MR) is 119 cm³/mol. The standard InChI is InChI=1S/C13H8OS.C10H12N2O2/c14-13-9-5-1-3-7-11(9)15-12-8-4-2-6-10(12)13;1-12(2)10(11-14)9(13)8-6-4-3-5-7-8/h1-8H;3-7,14H,1-2H3. The summed E-state index contributed by atoms with van der Waals surface area (Å²) in [4.78, 5) is 25.2. The van der Waals surface area contributed by atoms with Gasteiger partial charge >= 0.3 is 0 Å². The van der Waals surface area contributed by atoms with Crippen molar-refractivity contribution in [2.45, 2.75) is 0 Å². The summed E-state index contributed by atoms with van der Waals surface area (Å²) in [6.07, 6.45) is 0. The van der Waals surface area contributed by atoms with Crippen LogP contribution in [0.5, 0.6) is 0 Å². The first-order valence-electron chi connectivity index (χ1n) is 8.92. The number of hydrogen-bond acceptors (Lipinski definition) is 5. The van der Waals surface area contributed by atoms with Crippen molar-refractivity contribution in [1.29, 1.82) is 0 Å².